The van der Waals surface area contributed by atoms with Gasteiger partial charge >= 0.3 is 0 Å². The summed E-state index contributed by atoms with van der Waals surface area (Å²) in [5, 5.41) is 14.6. The molecule has 1 aliphatic heterocycles. The summed E-state index contributed by atoms with van der Waals surface area (Å²) in [6.45, 7) is 5.38. The minimum atomic E-state index is -0.667. The molecule has 0 saturated heterocycles. The van der Waals surface area contributed by atoms with Gasteiger partial charge in [-0.1, -0.05) is 53.7 Å². The monoisotopic (exact) mass is 400 g/mol. The third kappa shape index (κ3) is 6.63. The first-order valence-electron chi connectivity index (χ1n) is 10.0. The molecule has 5 nitrogen and oxygen atoms in total. The lowest BCUT2D eigenvalue weighted by molar-refractivity contribution is -0.0196. The Labute approximate surface area is 171 Å². The first-order chi connectivity index (χ1) is 14.0. The van der Waals surface area contributed by atoms with Gasteiger partial charge in [-0.25, -0.2) is 4.39 Å². The van der Waals surface area contributed by atoms with Crippen molar-refractivity contribution >= 4 is 5.71 Å². The van der Waals surface area contributed by atoms with Crippen molar-refractivity contribution in [2.24, 2.45) is 5.16 Å². The lowest BCUT2D eigenvalue weighted by Crippen LogP contribution is -2.39. The third-order valence-electron chi connectivity index (χ3n) is 4.74. The molecular formula is C23H29FN2O3. The van der Waals surface area contributed by atoms with Crippen LogP contribution in [-0.2, 0) is 16.1 Å². The summed E-state index contributed by atoms with van der Waals surface area (Å²) < 4.78 is 19.7. The maximum Gasteiger partial charge on any atom is 0.145 e. The molecule has 2 aromatic carbocycles. The number of nitrogens with zero attached hydrogens (tertiary/aromatic N) is 2. The molecule has 0 amide bonds. The van der Waals surface area contributed by atoms with Gasteiger partial charge in [0.15, 0.2) is 0 Å². The fourth-order valence-corrected chi connectivity index (χ4v) is 3.34. The average Bonchev–Trinajstić information content (AvgIpc) is 3.17. The van der Waals surface area contributed by atoms with Crippen LogP contribution in [0.1, 0.15) is 31.4 Å². The molecule has 2 aromatic rings. The number of hydrogen-bond acceptors (Lipinski definition) is 5. The summed E-state index contributed by atoms with van der Waals surface area (Å²) in [7, 11) is 0. The SMILES string of the molecule is CC(C)OC[C@@H](O)CN(Cc1ccccc1F)C[C@H]1CC(c2ccccc2)=NO1. The van der Waals surface area contributed by atoms with E-state index in [4.69, 9.17) is 9.57 Å². The number of benzene rings is 2. The Balaban J connectivity index is 1.62. The Hall–Kier alpha value is -2.28. The Kier molecular flexibility index (Phi) is 7.75. The van der Waals surface area contributed by atoms with E-state index in [1.165, 1.54) is 6.07 Å². The van der Waals surface area contributed by atoms with Crippen LogP contribution in [0.3, 0.4) is 0 Å². The van der Waals surface area contributed by atoms with Crippen molar-refractivity contribution in [1.29, 1.82) is 0 Å². The fraction of sp³-hybridized carbons (Fsp3) is 0.435. The van der Waals surface area contributed by atoms with Gasteiger partial charge < -0.3 is 14.7 Å². The minimum absolute atomic E-state index is 0.0460. The fourth-order valence-electron chi connectivity index (χ4n) is 3.34. The summed E-state index contributed by atoms with van der Waals surface area (Å²) in [6.07, 6.45) is -0.0870. The lowest BCUT2D eigenvalue weighted by atomic mass is 10.0. The van der Waals surface area contributed by atoms with E-state index in [1.807, 2.05) is 55.1 Å². The van der Waals surface area contributed by atoms with E-state index in [0.29, 0.717) is 31.6 Å². The molecule has 0 bridgehead atoms. The average molecular weight is 400 g/mol. The molecule has 2 atom stereocenters. The van der Waals surface area contributed by atoms with E-state index in [-0.39, 0.29) is 24.6 Å². The highest BCUT2D eigenvalue weighted by molar-refractivity contribution is 6.01. The Morgan fingerprint density at radius 2 is 1.90 bits per heavy atom. The standard InChI is InChI=1S/C23H29FN2O3/c1-17(2)28-16-20(27)14-26(13-19-10-6-7-11-22(19)24)15-21-12-23(25-29-21)18-8-4-3-5-9-18/h3-11,17,20-21,27H,12-16H2,1-2H3/t20-,21+/m0/s1. The highest BCUT2D eigenvalue weighted by Crippen LogP contribution is 2.19. The molecule has 1 aliphatic rings. The number of hydrogen-bond donors (Lipinski definition) is 1. The van der Waals surface area contributed by atoms with Crippen LogP contribution in [0.5, 0.6) is 0 Å². The van der Waals surface area contributed by atoms with Crippen LogP contribution < -0.4 is 0 Å². The molecule has 0 aliphatic carbocycles. The maximum absolute atomic E-state index is 14.2. The second kappa shape index (κ2) is 10.5. The molecule has 0 spiro atoms. The Morgan fingerprint density at radius 1 is 1.17 bits per heavy atom. The Bertz CT molecular complexity index is 798. The zero-order valence-electron chi connectivity index (χ0n) is 17.0. The van der Waals surface area contributed by atoms with Gasteiger partial charge in [-0.15, -0.1) is 0 Å². The summed E-state index contributed by atoms with van der Waals surface area (Å²) in [5.41, 5.74) is 2.54. The molecule has 0 saturated carbocycles. The Morgan fingerprint density at radius 3 is 2.62 bits per heavy atom. The van der Waals surface area contributed by atoms with Crippen LogP contribution in [0.4, 0.5) is 4.39 Å². The van der Waals surface area contributed by atoms with Crippen molar-refractivity contribution in [2.45, 2.75) is 45.1 Å². The van der Waals surface area contributed by atoms with Crippen LogP contribution in [0, 0.1) is 5.82 Å². The molecule has 1 N–H and O–H groups in total. The van der Waals surface area contributed by atoms with E-state index in [1.54, 1.807) is 12.1 Å². The van der Waals surface area contributed by atoms with Crippen molar-refractivity contribution in [2.75, 3.05) is 19.7 Å². The van der Waals surface area contributed by atoms with Crippen molar-refractivity contribution in [3.63, 3.8) is 0 Å². The van der Waals surface area contributed by atoms with Crippen molar-refractivity contribution in [1.82, 2.24) is 4.90 Å². The van der Waals surface area contributed by atoms with E-state index >= 15 is 0 Å². The first-order valence-corrected chi connectivity index (χ1v) is 10.0. The largest absolute Gasteiger partial charge is 0.390 e. The topological polar surface area (TPSA) is 54.3 Å². The van der Waals surface area contributed by atoms with Crippen molar-refractivity contribution in [3.05, 3.63) is 71.5 Å². The number of aliphatic hydroxyl groups is 1. The number of ether oxygens (including phenoxy) is 1. The molecular weight excluding hydrogens is 371 g/mol. The van der Waals surface area contributed by atoms with Gasteiger partial charge in [-0.05, 0) is 25.5 Å². The van der Waals surface area contributed by atoms with E-state index in [0.717, 1.165) is 11.3 Å². The van der Waals surface area contributed by atoms with Crippen LogP contribution >= 0.6 is 0 Å². The lowest BCUT2D eigenvalue weighted by Gasteiger charge is -2.27. The predicted molar refractivity (Wildman–Crippen MR) is 111 cm³/mol. The molecule has 156 valence electrons. The first kappa shape index (κ1) is 21.4. The molecule has 3 rings (SSSR count). The smallest absolute Gasteiger partial charge is 0.145 e. The molecule has 1 heterocycles. The van der Waals surface area contributed by atoms with Crippen LogP contribution in [0.15, 0.2) is 59.8 Å². The zero-order chi connectivity index (χ0) is 20.6. The van der Waals surface area contributed by atoms with Gasteiger partial charge in [-0.3, -0.25) is 4.90 Å². The quantitative estimate of drug-likeness (QED) is 0.662. The van der Waals surface area contributed by atoms with Crippen molar-refractivity contribution in [3.8, 4) is 0 Å². The molecule has 29 heavy (non-hydrogen) atoms. The van der Waals surface area contributed by atoms with Crippen molar-refractivity contribution < 1.29 is 19.1 Å². The molecule has 0 unspecified atom stereocenters. The predicted octanol–water partition coefficient (Wildman–Crippen LogP) is 3.61. The van der Waals surface area contributed by atoms with Crippen LogP contribution in [0.2, 0.25) is 0 Å². The second-order valence-electron chi connectivity index (χ2n) is 7.66. The summed E-state index contributed by atoms with van der Waals surface area (Å²) in [4.78, 5) is 7.64. The molecule has 0 radical (unpaired) electrons. The molecule has 0 fully saturated rings. The van der Waals surface area contributed by atoms with Crippen LogP contribution in [-0.4, -0.2) is 53.7 Å². The summed E-state index contributed by atoms with van der Waals surface area (Å²) in [6, 6.07) is 16.6. The van der Waals surface area contributed by atoms with E-state index in [2.05, 4.69) is 5.16 Å². The van der Waals surface area contributed by atoms with Gasteiger partial charge in [-0.2, -0.15) is 0 Å². The highest BCUT2D eigenvalue weighted by Gasteiger charge is 2.26. The van der Waals surface area contributed by atoms with E-state index < -0.39 is 6.10 Å². The molecule has 0 aromatic heterocycles. The van der Waals surface area contributed by atoms with Gasteiger partial charge in [0.2, 0.25) is 0 Å². The van der Waals surface area contributed by atoms with Crippen LogP contribution in [0.25, 0.3) is 0 Å². The number of oxime groups is 1. The van der Waals surface area contributed by atoms with Gasteiger partial charge in [0.25, 0.3) is 0 Å². The molecule has 6 heteroatoms. The van der Waals surface area contributed by atoms with E-state index in [9.17, 15) is 9.50 Å². The minimum Gasteiger partial charge on any atom is -0.390 e. The normalized spacial score (nSPS) is 17.4. The number of halogens is 1. The summed E-state index contributed by atoms with van der Waals surface area (Å²) >= 11 is 0. The summed E-state index contributed by atoms with van der Waals surface area (Å²) in [5.74, 6) is -0.251. The van der Waals surface area contributed by atoms with Gasteiger partial charge in [0.1, 0.15) is 11.9 Å². The van der Waals surface area contributed by atoms with Gasteiger partial charge in [0.05, 0.1) is 24.5 Å². The highest BCUT2D eigenvalue weighted by atomic mass is 19.1. The second-order valence-corrected chi connectivity index (χ2v) is 7.66. The number of rotatable bonds is 10. The maximum atomic E-state index is 14.2. The zero-order valence-corrected chi connectivity index (χ0v) is 17.0. The number of aliphatic hydroxyl groups excluding tert-OH is 1. The third-order valence-corrected chi connectivity index (χ3v) is 4.74. The van der Waals surface area contributed by atoms with Gasteiger partial charge in [0, 0.05) is 31.6 Å².